The van der Waals surface area contributed by atoms with Gasteiger partial charge in [0.1, 0.15) is 11.2 Å². The second-order valence-electron chi connectivity index (χ2n) is 8.70. The van der Waals surface area contributed by atoms with Crippen LogP contribution in [0, 0.1) is 5.92 Å². The molecule has 0 spiro atoms. The number of amides is 2. The average molecular weight is 418 g/mol. The molecule has 1 aliphatic heterocycles. The number of ether oxygens (including phenoxy) is 1. The van der Waals surface area contributed by atoms with E-state index in [9.17, 15) is 9.59 Å². The third-order valence-electron chi connectivity index (χ3n) is 6.70. The summed E-state index contributed by atoms with van der Waals surface area (Å²) < 4.78 is 8.32. The topological polar surface area (TPSA) is 63.6 Å². The van der Waals surface area contributed by atoms with Gasteiger partial charge in [0.15, 0.2) is 0 Å². The molecule has 3 unspecified atom stereocenters. The van der Waals surface area contributed by atoms with Gasteiger partial charge in [-0.3, -0.25) is 9.59 Å². The van der Waals surface area contributed by atoms with Crippen molar-refractivity contribution in [1.82, 2.24) is 14.8 Å². The molecule has 158 valence electrons. The Balaban J connectivity index is 1.66. The summed E-state index contributed by atoms with van der Waals surface area (Å²) in [5, 5.41) is 5.35. The molecule has 2 amide bonds. The molecule has 0 saturated heterocycles. The Morgan fingerprint density at radius 1 is 1.38 bits per heavy atom. The molecule has 0 bridgehead atoms. The van der Waals surface area contributed by atoms with Gasteiger partial charge in [0.05, 0.1) is 16.8 Å². The molecule has 1 saturated carbocycles. The van der Waals surface area contributed by atoms with Gasteiger partial charge in [-0.05, 0) is 49.6 Å². The van der Waals surface area contributed by atoms with Crippen LogP contribution in [0.1, 0.15) is 56.4 Å². The van der Waals surface area contributed by atoms with Crippen LogP contribution in [0.2, 0.25) is 0 Å². The highest BCUT2D eigenvalue weighted by Gasteiger charge is 2.48. The van der Waals surface area contributed by atoms with Crippen LogP contribution in [0.25, 0.3) is 10.2 Å². The number of thiophene rings is 1. The van der Waals surface area contributed by atoms with Crippen molar-refractivity contribution in [1.29, 1.82) is 0 Å². The second kappa shape index (κ2) is 8.11. The van der Waals surface area contributed by atoms with E-state index in [4.69, 9.17) is 4.74 Å². The minimum absolute atomic E-state index is 0.0373. The fourth-order valence-electron chi connectivity index (χ4n) is 4.84. The number of hydrogen-bond donors (Lipinski definition) is 1. The lowest BCUT2D eigenvalue weighted by molar-refractivity contribution is -0.134. The summed E-state index contributed by atoms with van der Waals surface area (Å²) >= 11 is 1.63. The van der Waals surface area contributed by atoms with Gasteiger partial charge in [0, 0.05) is 26.3 Å². The van der Waals surface area contributed by atoms with E-state index in [1.165, 1.54) is 6.42 Å². The van der Waals surface area contributed by atoms with Crippen LogP contribution in [-0.4, -0.2) is 53.1 Å². The van der Waals surface area contributed by atoms with Crippen LogP contribution in [0.3, 0.4) is 0 Å². The van der Waals surface area contributed by atoms with E-state index in [1.54, 1.807) is 23.3 Å². The monoisotopic (exact) mass is 417 g/mol. The molecule has 2 aliphatic rings. The number of aromatic nitrogens is 1. The van der Waals surface area contributed by atoms with Crippen LogP contribution >= 0.6 is 11.3 Å². The highest BCUT2D eigenvalue weighted by atomic mass is 32.1. The number of rotatable bonds is 6. The number of nitrogens with zero attached hydrogens (tertiary/aromatic N) is 2. The van der Waals surface area contributed by atoms with Crippen molar-refractivity contribution in [3.8, 4) is 0 Å². The first-order valence-corrected chi connectivity index (χ1v) is 11.5. The highest BCUT2D eigenvalue weighted by Crippen LogP contribution is 2.35. The Morgan fingerprint density at radius 3 is 2.93 bits per heavy atom. The van der Waals surface area contributed by atoms with Crippen LogP contribution in [0.4, 0.5) is 0 Å². The highest BCUT2D eigenvalue weighted by molar-refractivity contribution is 7.17. The summed E-state index contributed by atoms with van der Waals surface area (Å²) in [4.78, 5) is 28.8. The fourth-order valence-corrected chi connectivity index (χ4v) is 5.67. The van der Waals surface area contributed by atoms with Crippen molar-refractivity contribution in [3.63, 3.8) is 0 Å². The quantitative estimate of drug-likeness (QED) is 0.730. The smallest absolute Gasteiger partial charge is 0.271 e. The van der Waals surface area contributed by atoms with E-state index >= 15 is 0 Å². The zero-order valence-corrected chi connectivity index (χ0v) is 18.4. The third-order valence-corrected chi connectivity index (χ3v) is 7.55. The van der Waals surface area contributed by atoms with E-state index in [-0.39, 0.29) is 17.9 Å². The molecule has 2 aromatic rings. The summed E-state index contributed by atoms with van der Waals surface area (Å²) in [5.41, 5.74) is 0.809. The predicted molar refractivity (Wildman–Crippen MR) is 115 cm³/mol. The number of carbonyl (C=O) groups is 2. The Bertz CT molecular complexity index is 904. The molecule has 29 heavy (non-hydrogen) atoms. The van der Waals surface area contributed by atoms with Gasteiger partial charge in [-0.25, -0.2) is 0 Å². The zero-order valence-electron chi connectivity index (χ0n) is 17.6. The van der Waals surface area contributed by atoms with E-state index < -0.39 is 5.54 Å². The molecular weight excluding hydrogens is 386 g/mol. The molecule has 0 aromatic carbocycles. The van der Waals surface area contributed by atoms with E-state index in [0.29, 0.717) is 37.7 Å². The van der Waals surface area contributed by atoms with Gasteiger partial charge >= 0.3 is 0 Å². The first-order valence-electron chi connectivity index (χ1n) is 10.6. The van der Waals surface area contributed by atoms with Crippen LogP contribution in [0.5, 0.6) is 0 Å². The van der Waals surface area contributed by atoms with Crippen LogP contribution in [-0.2, 0) is 16.1 Å². The summed E-state index contributed by atoms with van der Waals surface area (Å²) in [6, 6.07) is 4.20. The lowest BCUT2D eigenvalue weighted by Crippen LogP contribution is -2.65. The molecular formula is C22H31N3O3S. The summed E-state index contributed by atoms with van der Waals surface area (Å²) in [6.45, 7) is 5.69. The maximum atomic E-state index is 13.6. The van der Waals surface area contributed by atoms with Crippen molar-refractivity contribution in [2.24, 2.45) is 5.92 Å². The standard InChI is InChI=1S/C22H31N3O3S/c1-15-7-4-5-8-16(15)23-21(27)22(2)14-24-17-9-12-29-19(17)13-18(24)20(26)25(22)10-6-11-28-3/h9,12-13,15-16H,4-8,10-11,14H2,1-3H3,(H,23,27). The van der Waals surface area contributed by atoms with Gasteiger partial charge in [-0.1, -0.05) is 19.8 Å². The van der Waals surface area contributed by atoms with Crippen molar-refractivity contribution in [3.05, 3.63) is 23.2 Å². The second-order valence-corrected chi connectivity index (χ2v) is 9.65. The predicted octanol–water partition coefficient (Wildman–Crippen LogP) is 3.65. The first-order chi connectivity index (χ1) is 14.0. The van der Waals surface area contributed by atoms with Gasteiger partial charge in [-0.15, -0.1) is 11.3 Å². The van der Waals surface area contributed by atoms with Gasteiger partial charge in [0.2, 0.25) is 5.91 Å². The largest absolute Gasteiger partial charge is 0.385 e. The molecule has 1 aliphatic carbocycles. The lowest BCUT2D eigenvalue weighted by atomic mass is 9.85. The summed E-state index contributed by atoms with van der Waals surface area (Å²) in [5.74, 6) is 0.373. The molecule has 0 radical (unpaired) electrons. The molecule has 3 heterocycles. The Kier molecular flexibility index (Phi) is 5.71. The van der Waals surface area contributed by atoms with Gasteiger partial charge < -0.3 is 19.5 Å². The molecule has 6 nitrogen and oxygen atoms in total. The minimum atomic E-state index is -0.914. The molecule has 1 N–H and O–H groups in total. The van der Waals surface area contributed by atoms with E-state index in [0.717, 1.165) is 29.5 Å². The summed E-state index contributed by atoms with van der Waals surface area (Å²) in [6.07, 6.45) is 5.26. The number of carbonyl (C=O) groups excluding carboxylic acids is 2. The summed E-state index contributed by atoms with van der Waals surface area (Å²) in [7, 11) is 1.66. The molecule has 4 rings (SSSR count). The van der Waals surface area contributed by atoms with Crippen molar-refractivity contribution in [2.45, 2.75) is 64.1 Å². The van der Waals surface area contributed by atoms with E-state index in [1.807, 2.05) is 29.0 Å². The van der Waals surface area contributed by atoms with Gasteiger partial charge in [-0.2, -0.15) is 0 Å². The van der Waals surface area contributed by atoms with Crippen molar-refractivity contribution in [2.75, 3.05) is 20.3 Å². The number of fused-ring (bicyclic) bond motifs is 3. The maximum Gasteiger partial charge on any atom is 0.271 e. The Labute approximate surface area is 176 Å². The normalized spacial score (nSPS) is 27.3. The molecule has 7 heteroatoms. The number of nitrogens with one attached hydrogen (secondary N) is 1. The van der Waals surface area contributed by atoms with Crippen molar-refractivity contribution < 1.29 is 14.3 Å². The van der Waals surface area contributed by atoms with E-state index in [2.05, 4.69) is 12.2 Å². The molecule has 1 fully saturated rings. The minimum Gasteiger partial charge on any atom is -0.385 e. The number of methoxy groups -OCH3 is 1. The Morgan fingerprint density at radius 2 is 2.17 bits per heavy atom. The van der Waals surface area contributed by atoms with Gasteiger partial charge in [0.25, 0.3) is 5.91 Å². The first kappa shape index (κ1) is 20.4. The SMILES string of the molecule is COCCCN1C(=O)c2cc3sccc3n2CC1(C)C(=O)NC1CCCCC1C. The Hall–Kier alpha value is -1.86. The molecule has 3 atom stereocenters. The van der Waals surface area contributed by atoms with Crippen LogP contribution < -0.4 is 5.32 Å². The fraction of sp³-hybridized carbons (Fsp3) is 0.636. The van der Waals surface area contributed by atoms with Crippen LogP contribution in [0.15, 0.2) is 17.5 Å². The maximum absolute atomic E-state index is 13.6. The lowest BCUT2D eigenvalue weighted by Gasteiger charge is -2.45. The zero-order chi connectivity index (χ0) is 20.6. The average Bonchev–Trinajstić information content (AvgIpc) is 3.28. The number of hydrogen-bond acceptors (Lipinski definition) is 4. The third kappa shape index (κ3) is 3.59. The molecule has 2 aromatic heterocycles. The van der Waals surface area contributed by atoms with Crippen molar-refractivity contribution >= 4 is 33.4 Å².